The second kappa shape index (κ2) is 3.83. The molecule has 0 aliphatic heterocycles. The lowest BCUT2D eigenvalue weighted by Gasteiger charge is -2.01. The first-order valence-corrected chi connectivity index (χ1v) is 4.48. The van der Waals surface area contributed by atoms with Gasteiger partial charge in [-0.25, -0.2) is 4.39 Å². The van der Waals surface area contributed by atoms with Gasteiger partial charge in [-0.1, -0.05) is 6.92 Å². The predicted octanol–water partition coefficient (Wildman–Crippen LogP) is 3.06. The minimum absolute atomic E-state index is 0.0724. The Morgan fingerprint density at radius 1 is 1.62 bits per heavy atom. The van der Waals surface area contributed by atoms with Gasteiger partial charge < -0.3 is 0 Å². The molecule has 0 atom stereocenters. The molecular formula is C8H7BrFNO2. The molecule has 5 heteroatoms. The van der Waals surface area contributed by atoms with Crippen molar-refractivity contribution < 1.29 is 9.31 Å². The third-order valence-electron chi connectivity index (χ3n) is 1.72. The van der Waals surface area contributed by atoms with Crippen molar-refractivity contribution in [2.75, 3.05) is 0 Å². The molecule has 0 saturated heterocycles. The SMILES string of the molecule is CCc1ccc(F)c(Br)c1[N+](=O)[O-]. The summed E-state index contributed by atoms with van der Waals surface area (Å²) in [5, 5.41) is 10.6. The van der Waals surface area contributed by atoms with Crippen LogP contribution in [0, 0.1) is 15.9 Å². The van der Waals surface area contributed by atoms with Crippen molar-refractivity contribution in [3.8, 4) is 0 Å². The van der Waals surface area contributed by atoms with E-state index in [4.69, 9.17) is 0 Å². The molecule has 0 radical (unpaired) electrons. The van der Waals surface area contributed by atoms with E-state index in [0.29, 0.717) is 12.0 Å². The van der Waals surface area contributed by atoms with E-state index in [2.05, 4.69) is 15.9 Å². The number of aryl methyl sites for hydroxylation is 1. The molecule has 0 aliphatic carbocycles. The minimum Gasteiger partial charge on any atom is -0.258 e. The summed E-state index contributed by atoms with van der Waals surface area (Å²) in [7, 11) is 0. The van der Waals surface area contributed by atoms with E-state index < -0.39 is 10.7 Å². The smallest absolute Gasteiger partial charge is 0.258 e. The zero-order valence-electron chi connectivity index (χ0n) is 6.88. The van der Waals surface area contributed by atoms with Gasteiger partial charge in [-0.2, -0.15) is 0 Å². The quantitative estimate of drug-likeness (QED) is 0.596. The van der Waals surface area contributed by atoms with E-state index >= 15 is 0 Å². The molecule has 70 valence electrons. The van der Waals surface area contributed by atoms with Crippen LogP contribution in [0.2, 0.25) is 0 Å². The van der Waals surface area contributed by atoms with Crippen LogP contribution < -0.4 is 0 Å². The molecule has 1 aromatic rings. The van der Waals surface area contributed by atoms with Crippen LogP contribution in [0.4, 0.5) is 10.1 Å². The highest BCUT2D eigenvalue weighted by Crippen LogP contribution is 2.31. The lowest BCUT2D eigenvalue weighted by atomic mass is 10.1. The third-order valence-corrected chi connectivity index (χ3v) is 2.47. The maximum atomic E-state index is 12.9. The fourth-order valence-electron chi connectivity index (χ4n) is 1.06. The Kier molecular flexibility index (Phi) is 2.98. The summed E-state index contributed by atoms with van der Waals surface area (Å²) in [5.41, 5.74) is 0.348. The fraction of sp³-hybridized carbons (Fsp3) is 0.250. The molecule has 0 N–H and O–H groups in total. The van der Waals surface area contributed by atoms with Gasteiger partial charge in [0.2, 0.25) is 0 Å². The van der Waals surface area contributed by atoms with Crippen molar-refractivity contribution in [1.29, 1.82) is 0 Å². The Hall–Kier alpha value is -0.970. The van der Waals surface area contributed by atoms with Crippen molar-refractivity contribution in [2.24, 2.45) is 0 Å². The van der Waals surface area contributed by atoms with Crippen molar-refractivity contribution >= 4 is 21.6 Å². The second-order valence-corrected chi connectivity index (χ2v) is 3.27. The van der Waals surface area contributed by atoms with Crippen LogP contribution in [0.1, 0.15) is 12.5 Å². The number of hydrogen-bond acceptors (Lipinski definition) is 2. The van der Waals surface area contributed by atoms with E-state index in [-0.39, 0.29) is 10.2 Å². The van der Waals surface area contributed by atoms with Gasteiger partial charge in [-0.05, 0) is 34.5 Å². The van der Waals surface area contributed by atoms with Gasteiger partial charge in [0.1, 0.15) is 10.3 Å². The highest BCUT2D eigenvalue weighted by Gasteiger charge is 2.20. The highest BCUT2D eigenvalue weighted by atomic mass is 79.9. The molecule has 0 aromatic heterocycles. The lowest BCUT2D eigenvalue weighted by Crippen LogP contribution is -1.97. The molecule has 0 bridgehead atoms. The number of halogens is 2. The molecule has 0 heterocycles. The number of hydrogen-bond donors (Lipinski definition) is 0. The first kappa shape index (κ1) is 10.1. The van der Waals surface area contributed by atoms with Gasteiger partial charge in [0.25, 0.3) is 5.69 Å². The van der Waals surface area contributed by atoms with Crippen molar-refractivity contribution in [1.82, 2.24) is 0 Å². The van der Waals surface area contributed by atoms with E-state index in [1.165, 1.54) is 12.1 Å². The average molecular weight is 248 g/mol. The number of benzene rings is 1. The van der Waals surface area contributed by atoms with Gasteiger partial charge in [-0.3, -0.25) is 10.1 Å². The maximum Gasteiger partial charge on any atom is 0.289 e. The molecule has 0 saturated carbocycles. The number of rotatable bonds is 2. The maximum absolute atomic E-state index is 12.9. The average Bonchev–Trinajstić information content (AvgIpc) is 2.08. The topological polar surface area (TPSA) is 43.1 Å². The summed E-state index contributed by atoms with van der Waals surface area (Å²) in [6, 6.07) is 2.65. The van der Waals surface area contributed by atoms with Crippen LogP contribution in [0.25, 0.3) is 0 Å². The van der Waals surface area contributed by atoms with Gasteiger partial charge >= 0.3 is 0 Å². The third kappa shape index (κ3) is 1.85. The van der Waals surface area contributed by atoms with Crippen molar-refractivity contribution in [2.45, 2.75) is 13.3 Å². The van der Waals surface area contributed by atoms with Crippen molar-refractivity contribution in [3.05, 3.63) is 38.1 Å². The Balaban J connectivity index is 3.41. The first-order chi connectivity index (χ1) is 6.07. The minimum atomic E-state index is -0.607. The Labute approximate surface area is 82.8 Å². The first-order valence-electron chi connectivity index (χ1n) is 3.69. The molecule has 1 aromatic carbocycles. The van der Waals surface area contributed by atoms with Gasteiger partial charge in [0.05, 0.1) is 4.92 Å². The van der Waals surface area contributed by atoms with Crippen LogP contribution in [0.15, 0.2) is 16.6 Å². The zero-order chi connectivity index (χ0) is 10.0. The molecule has 0 aliphatic rings. The monoisotopic (exact) mass is 247 g/mol. The Morgan fingerprint density at radius 2 is 2.23 bits per heavy atom. The number of nitro benzene ring substituents is 1. The molecule has 0 spiro atoms. The van der Waals surface area contributed by atoms with E-state index in [9.17, 15) is 14.5 Å². The van der Waals surface area contributed by atoms with E-state index in [0.717, 1.165) is 0 Å². The molecule has 3 nitrogen and oxygen atoms in total. The Bertz CT molecular complexity index is 354. The standard InChI is InChI=1S/C8H7BrFNO2/c1-2-5-3-4-6(10)7(9)8(5)11(12)13/h3-4H,2H2,1H3. The van der Waals surface area contributed by atoms with Crippen LogP contribution in [-0.2, 0) is 6.42 Å². The predicted molar refractivity (Wildman–Crippen MR) is 50.1 cm³/mol. The molecule has 13 heavy (non-hydrogen) atoms. The number of nitrogens with zero attached hydrogens (tertiary/aromatic N) is 1. The van der Waals surface area contributed by atoms with E-state index in [1.54, 1.807) is 6.92 Å². The van der Waals surface area contributed by atoms with Crippen LogP contribution in [0.3, 0.4) is 0 Å². The van der Waals surface area contributed by atoms with Crippen molar-refractivity contribution in [3.63, 3.8) is 0 Å². The molecule has 1 rings (SSSR count). The fourth-order valence-corrected chi connectivity index (χ4v) is 1.59. The summed E-state index contributed by atoms with van der Waals surface area (Å²) in [4.78, 5) is 9.99. The highest BCUT2D eigenvalue weighted by molar-refractivity contribution is 9.10. The van der Waals surface area contributed by atoms with Gasteiger partial charge in [-0.15, -0.1) is 0 Å². The largest absolute Gasteiger partial charge is 0.289 e. The summed E-state index contributed by atoms with van der Waals surface area (Å²) < 4.78 is 12.8. The zero-order valence-corrected chi connectivity index (χ0v) is 8.47. The Morgan fingerprint density at radius 3 is 2.69 bits per heavy atom. The number of nitro groups is 1. The summed E-state index contributed by atoms with van der Waals surface area (Å²) in [6.07, 6.45) is 0.509. The normalized spacial score (nSPS) is 10.1. The second-order valence-electron chi connectivity index (χ2n) is 2.48. The summed E-state index contributed by atoms with van der Waals surface area (Å²) in [6.45, 7) is 1.78. The van der Waals surface area contributed by atoms with Crippen LogP contribution in [0.5, 0.6) is 0 Å². The molecular weight excluding hydrogens is 241 g/mol. The van der Waals surface area contributed by atoms with Gasteiger partial charge in [0.15, 0.2) is 0 Å². The summed E-state index contributed by atoms with van der Waals surface area (Å²) in [5.74, 6) is -0.607. The molecule has 0 fully saturated rings. The molecule has 0 amide bonds. The van der Waals surface area contributed by atoms with E-state index in [1.807, 2.05) is 0 Å². The lowest BCUT2D eigenvalue weighted by molar-refractivity contribution is -0.386. The summed E-state index contributed by atoms with van der Waals surface area (Å²) >= 11 is 2.86. The molecule has 0 unspecified atom stereocenters. The van der Waals surface area contributed by atoms with Gasteiger partial charge in [0, 0.05) is 5.56 Å². The van der Waals surface area contributed by atoms with Crippen LogP contribution >= 0.6 is 15.9 Å². The van der Waals surface area contributed by atoms with Crippen LogP contribution in [-0.4, -0.2) is 4.92 Å².